The van der Waals surface area contributed by atoms with Gasteiger partial charge in [0.2, 0.25) is 0 Å². The molecule has 0 amide bonds. The van der Waals surface area contributed by atoms with E-state index in [2.05, 4.69) is 15.3 Å². The predicted molar refractivity (Wildman–Crippen MR) is 75.6 cm³/mol. The van der Waals surface area contributed by atoms with Crippen LogP contribution < -0.4 is 11.1 Å². The van der Waals surface area contributed by atoms with Gasteiger partial charge in [-0.15, -0.1) is 11.3 Å². The number of nitrogens with zero attached hydrogens (tertiary/aromatic N) is 2. The number of fused-ring (bicyclic) bond motifs is 1. The fourth-order valence-corrected chi connectivity index (χ4v) is 2.60. The Bertz CT molecular complexity index is 677. The van der Waals surface area contributed by atoms with Gasteiger partial charge in [0, 0.05) is 12.2 Å². The van der Waals surface area contributed by atoms with Crippen LogP contribution in [0.4, 0.5) is 11.5 Å². The largest absolute Gasteiger partial charge is 0.398 e. The van der Waals surface area contributed by atoms with Crippen LogP contribution in [0.25, 0.3) is 10.2 Å². The monoisotopic (exact) mass is 256 g/mol. The van der Waals surface area contributed by atoms with Crippen molar-refractivity contribution in [3.63, 3.8) is 0 Å². The van der Waals surface area contributed by atoms with Crippen molar-refractivity contribution in [1.29, 1.82) is 0 Å². The van der Waals surface area contributed by atoms with Gasteiger partial charge in [0.15, 0.2) is 0 Å². The summed E-state index contributed by atoms with van der Waals surface area (Å²) in [5.41, 5.74) is 8.74. The van der Waals surface area contributed by atoms with Crippen LogP contribution in [0.3, 0.4) is 0 Å². The quantitative estimate of drug-likeness (QED) is 0.707. The highest BCUT2D eigenvalue weighted by atomic mass is 32.1. The Balaban J connectivity index is 1.85. The molecule has 3 aromatic rings. The molecule has 3 N–H and O–H groups in total. The van der Waals surface area contributed by atoms with Crippen molar-refractivity contribution in [3.05, 3.63) is 47.6 Å². The third-order valence-corrected chi connectivity index (χ3v) is 3.65. The van der Waals surface area contributed by atoms with Crippen LogP contribution >= 0.6 is 11.3 Å². The zero-order valence-electron chi connectivity index (χ0n) is 9.63. The van der Waals surface area contributed by atoms with Crippen molar-refractivity contribution in [1.82, 2.24) is 9.97 Å². The van der Waals surface area contributed by atoms with Gasteiger partial charge in [-0.1, -0.05) is 18.2 Å². The first kappa shape index (κ1) is 11.0. The van der Waals surface area contributed by atoms with Crippen molar-refractivity contribution in [2.75, 3.05) is 11.1 Å². The molecule has 0 aliphatic rings. The minimum absolute atomic E-state index is 0.663. The van der Waals surface area contributed by atoms with Gasteiger partial charge in [0.25, 0.3) is 0 Å². The lowest BCUT2D eigenvalue weighted by Gasteiger charge is -2.08. The van der Waals surface area contributed by atoms with Crippen molar-refractivity contribution in [2.24, 2.45) is 0 Å². The Morgan fingerprint density at radius 1 is 1.17 bits per heavy atom. The smallest absolute Gasteiger partial charge is 0.147 e. The molecule has 2 heterocycles. The first-order valence-corrected chi connectivity index (χ1v) is 6.48. The number of hydrogen-bond donors (Lipinski definition) is 2. The third kappa shape index (κ3) is 2.00. The number of rotatable bonds is 3. The molecule has 1 aromatic carbocycles. The molecule has 0 aliphatic carbocycles. The van der Waals surface area contributed by atoms with Crippen LogP contribution in [-0.2, 0) is 6.54 Å². The van der Waals surface area contributed by atoms with E-state index in [1.54, 1.807) is 17.7 Å². The van der Waals surface area contributed by atoms with E-state index in [4.69, 9.17) is 5.73 Å². The lowest BCUT2D eigenvalue weighted by Crippen LogP contribution is -2.04. The zero-order valence-corrected chi connectivity index (χ0v) is 10.4. The highest BCUT2D eigenvalue weighted by molar-refractivity contribution is 7.17. The van der Waals surface area contributed by atoms with E-state index in [-0.39, 0.29) is 0 Å². The van der Waals surface area contributed by atoms with E-state index >= 15 is 0 Å². The fraction of sp³-hybridized carbons (Fsp3) is 0.0769. The summed E-state index contributed by atoms with van der Waals surface area (Å²) >= 11 is 1.63. The third-order valence-electron chi connectivity index (χ3n) is 2.74. The molecule has 3 rings (SSSR count). The number of aromatic nitrogens is 2. The summed E-state index contributed by atoms with van der Waals surface area (Å²) in [7, 11) is 0. The van der Waals surface area contributed by atoms with Gasteiger partial charge in [-0.2, -0.15) is 0 Å². The first-order valence-electron chi connectivity index (χ1n) is 5.60. The molecule has 0 bridgehead atoms. The molecule has 0 spiro atoms. The molecular formula is C13H12N4S. The second-order valence-corrected chi connectivity index (χ2v) is 4.83. The predicted octanol–water partition coefficient (Wildman–Crippen LogP) is 2.89. The lowest BCUT2D eigenvalue weighted by molar-refractivity contribution is 1.11. The van der Waals surface area contributed by atoms with Crippen LogP contribution in [-0.4, -0.2) is 9.97 Å². The molecule has 5 heteroatoms. The average molecular weight is 256 g/mol. The average Bonchev–Trinajstić information content (AvgIpc) is 2.86. The zero-order chi connectivity index (χ0) is 12.4. The molecule has 2 aromatic heterocycles. The Morgan fingerprint density at radius 2 is 2.06 bits per heavy atom. The molecule has 0 atom stereocenters. The Kier molecular flexibility index (Phi) is 2.82. The number of thiophene rings is 1. The van der Waals surface area contributed by atoms with E-state index in [0.29, 0.717) is 6.54 Å². The summed E-state index contributed by atoms with van der Waals surface area (Å²) < 4.78 is 1.08. The van der Waals surface area contributed by atoms with E-state index < -0.39 is 0 Å². The topological polar surface area (TPSA) is 63.8 Å². The summed E-state index contributed by atoms with van der Waals surface area (Å²) in [6.07, 6.45) is 1.58. The number of para-hydroxylation sites is 1. The van der Waals surface area contributed by atoms with Crippen LogP contribution in [0.5, 0.6) is 0 Å². The molecule has 18 heavy (non-hydrogen) atoms. The second-order valence-electron chi connectivity index (χ2n) is 3.91. The van der Waals surface area contributed by atoms with Gasteiger partial charge in [0.1, 0.15) is 12.1 Å². The number of nitrogen functional groups attached to an aromatic ring is 1. The summed E-state index contributed by atoms with van der Waals surface area (Å²) in [5, 5.41) is 5.33. The fourth-order valence-electron chi connectivity index (χ4n) is 1.79. The van der Waals surface area contributed by atoms with Crippen molar-refractivity contribution in [3.8, 4) is 0 Å². The summed E-state index contributed by atoms with van der Waals surface area (Å²) in [4.78, 5) is 8.48. The van der Waals surface area contributed by atoms with Crippen LogP contribution in [0.2, 0.25) is 0 Å². The van der Waals surface area contributed by atoms with Gasteiger partial charge in [-0.05, 0) is 23.1 Å². The maximum absolute atomic E-state index is 5.91. The molecule has 0 radical (unpaired) electrons. The highest BCUT2D eigenvalue weighted by Gasteiger charge is 2.05. The summed E-state index contributed by atoms with van der Waals surface area (Å²) in [5.74, 6) is 0.859. The summed E-state index contributed by atoms with van der Waals surface area (Å²) in [6, 6.07) is 9.81. The van der Waals surface area contributed by atoms with Gasteiger partial charge in [-0.3, -0.25) is 0 Å². The Labute approximate surface area is 109 Å². The molecule has 0 aliphatic heterocycles. The molecule has 0 unspecified atom stereocenters. The van der Waals surface area contributed by atoms with Gasteiger partial charge >= 0.3 is 0 Å². The first-order chi connectivity index (χ1) is 8.84. The molecule has 90 valence electrons. The molecule has 0 saturated carbocycles. The van der Waals surface area contributed by atoms with Crippen LogP contribution in [0.15, 0.2) is 42.0 Å². The number of nitrogens with one attached hydrogen (secondary N) is 1. The van der Waals surface area contributed by atoms with Gasteiger partial charge < -0.3 is 11.1 Å². The van der Waals surface area contributed by atoms with Crippen molar-refractivity contribution < 1.29 is 0 Å². The lowest BCUT2D eigenvalue weighted by atomic mass is 10.2. The highest BCUT2D eigenvalue weighted by Crippen LogP contribution is 2.25. The van der Waals surface area contributed by atoms with E-state index in [0.717, 1.165) is 27.3 Å². The van der Waals surface area contributed by atoms with Crippen LogP contribution in [0.1, 0.15) is 5.56 Å². The van der Waals surface area contributed by atoms with Gasteiger partial charge in [-0.25, -0.2) is 9.97 Å². The Hall–Kier alpha value is -2.14. The standard InChI is InChI=1S/C13H12N4S/c14-10-4-2-1-3-9(10)7-15-13-12-11(5-6-18-12)16-8-17-13/h1-6,8H,7,14H2,(H,15,16,17). The maximum Gasteiger partial charge on any atom is 0.147 e. The van der Waals surface area contributed by atoms with E-state index in [9.17, 15) is 0 Å². The number of benzene rings is 1. The van der Waals surface area contributed by atoms with Gasteiger partial charge in [0.05, 0.1) is 10.2 Å². The molecular weight excluding hydrogens is 244 g/mol. The van der Waals surface area contributed by atoms with Crippen molar-refractivity contribution in [2.45, 2.75) is 6.54 Å². The van der Waals surface area contributed by atoms with Crippen LogP contribution in [0, 0.1) is 0 Å². The van der Waals surface area contributed by atoms with Crippen molar-refractivity contribution >= 4 is 33.1 Å². The number of nitrogens with two attached hydrogens (primary N) is 1. The second kappa shape index (κ2) is 4.62. The molecule has 4 nitrogen and oxygen atoms in total. The minimum Gasteiger partial charge on any atom is -0.398 e. The SMILES string of the molecule is Nc1ccccc1CNc1ncnc2ccsc12. The normalized spacial score (nSPS) is 10.7. The maximum atomic E-state index is 5.91. The molecule has 0 saturated heterocycles. The van der Waals surface area contributed by atoms with E-state index in [1.807, 2.05) is 35.7 Å². The Morgan fingerprint density at radius 3 is 2.94 bits per heavy atom. The minimum atomic E-state index is 0.663. The summed E-state index contributed by atoms with van der Waals surface area (Å²) in [6.45, 7) is 0.663. The molecule has 0 fully saturated rings. The van der Waals surface area contributed by atoms with E-state index in [1.165, 1.54) is 0 Å². The number of hydrogen-bond acceptors (Lipinski definition) is 5. The number of anilines is 2.